The predicted octanol–water partition coefficient (Wildman–Crippen LogP) is 2.01. The van der Waals surface area contributed by atoms with Crippen LogP contribution in [0.25, 0.3) is 10.9 Å². The van der Waals surface area contributed by atoms with Gasteiger partial charge in [0.2, 0.25) is 11.7 Å². The summed E-state index contributed by atoms with van der Waals surface area (Å²) in [5, 5.41) is 3.13. The van der Waals surface area contributed by atoms with Gasteiger partial charge in [0.15, 0.2) is 11.5 Å². The van der Waals surface area contributed by atoms with Gasteiger partial charge in [0.25, 0.3) is 5.56 Å². The van der Waals surface area contributed by atoms with Crippen molar-refractivity contribution >= 4 is 22.5 Å². The van der Waals surface area contributed by atoms with E-state index in [1.165, 1.54) is 25.9 Å². The summed E-state index contributed by atoms with van der Waals surface area (Å²) in [6.45, 7) is 0.469. The number of methoxy groups -OCH3 is 3. The summed E-state index contributed by atoms with van der Waals surface area (Å²) in [5.41, 5.74) is -0.151. The van der Waals surface area contributed by atoms with E-state index in [1.807, 2.05) is 0 Å². The minimum atomic E-state index is -0.556. The van der Waals surface area contributed by atoms with E-state index in [4.69, 9.17) is 18.9 Å². The highest BCUT2D eigenvalue weighted by Gasteiger charge is 2.22. The minimum absolute atomic E-state index is 0.150. The van der Waals surface area contributed by atoms with Crippen molar-refractivity contribution in [2.75, 3.05) is 33.3 Å². The lowest BCUT2D eigenvalue weighted by Gasteiger charge is -2.17. The fraction of sp³-hybridized carbons (Fsp3) is 0.375. The van der Waals surface area contributed by atoms with E-state index in [-0.39, 0.29) is 19.2 Å². The molecule has 1 N–H and O–H groups in total. The molecule has 1 atom stereocenters. The molecule has 0 bridgehead atoms. The Kier molecular flexibility index (Phi) is 6.87. The fourth-order valence-corrected chi connectivity index (χ4v) is 4.17. The van der Waals surface area contributed by atoms with E-state index in [0.717, 1.165) is 17.4 Å². The van der Waals surface area contributed by atoms with Gasteiger partial charge < -0.3 is 24.3 Å². The van der Waals surface area contributed by atoms with Crippen molar-refractivity contribution in [3.63, 3.8) is 0 Å². The smallest absolute Gasteiger partial charge is 0.332 e. The normalized spacial score (nSPS) is 15.3. The molecule has 1 aliphatic heterocycles. The van der Waals surface area contributed by atoms with Crippen LogP contribution in [0, 0.1) is 0 Å². The molecular weight excluding hydrogens is 442 g/mol. The number of ether oxygens (including phenoxy) is 4. The minimum Gasteiger partial charge on any atom is -0.493 e. The summed E-state index contributed by atoms with van der Waals surface area (Å²) in [5.74, 6) is 0.699. The van der Waals surface area contributed by atoms with Gasteiger partial charge in [0.05, 0.1) is 44.9 Å². The molecule has 10 nitrogen and oxygen atoms in total. The maximum absolute atomic E-state index is 13.3. The molecule has 1 aromatic heterocycles. The number of nitrogens with one attached hydrogen (secondary N) is 1. The fourth-order valence-electron chi connectivity index (χ4n) is 4.17. The van der Waals surface area contributed by atoms with Gasteiger partial charge in [-0.25, -0.2) is 4.79 Å². The van der Waals surface area contributed by atoms with E-state index in [9.17, 15) is 14.4 Å². The van der Waals surface area contributed by atoms with Gasteiger partial charge >= 0.3 is 5.69 Å². The lowest BCUT2D eigenvalue weighted by molar-refractivity contribution is -0.116. The molecule has 0 radical (unpaired) electrons. The number of anilines is 1. The first kappa shape index (κ1) is 23.4. The van der Waals surface area contributed by atoms with Crippen LogP contribution in [0.15, 0.2) is 46.0 Å². The SMILES string of the molecule is COc1cc(NC(=O)Cn2c(=O)n(CC3CCCO3)c(=O)c3ccccc32)cc(OC)c1OC. The highest BCUT2D eigenvalue weighted by atomic mass is 16.5. The predicted molar refractivity (Wildman–Crippen MR) is 126 cm³/mol. The zero-order valence-corrected chi connectivity index (χ0v) is 19.3. The van der Waals surface area contributed by atoms with Gasteiger partial charge in [0.1, 0.15) is 6.54 Å². The maximum atomic E-state index is 13.3. The zero-order valence-electron chi connectivity index (χ0n) is 19.3. The summed E-state index contributed by atoms with van der Waals surface area (Å²) in [6.07, 6.45) is 1.46. The first-order valence-electron chi connectivity index (χ1n) is 10.9. The Hall–Kier alpha value is -3.79. The molecule has 1 saturated heterocycles. The molecule has 0 saturated carbocycles. The molecule has 1 aliphatic rings. The van der Waals surface area contributed by atoms with Crippen molar-refractivity contribution in [3.8, 4) is 17.2 Å². The summed E-state index contributed by atoms with van der Waals surface area (Å²) in [6, 6.07) is 9.94. The van der Waals surface area contributed by atoms with Crippen LogP contribution >= 0.6 is 0 Å². The Morgan fingerprint density at radius 1 is 1.06 bits per heavy atom. The molecule has 180 valence electrons. The van der Waals surface area contributed by atoms with Crippen molar-refractivity contribution in [1.29, 1.82) is 0 Å². The number of nitrogens with zero attached hydrogens (tertiary/aromatic N) is 2. The van der Waals surface area contributed by atoms with Crippen LogP contribution in [0.3, 0.4) is 0 Å². The molecule has 3 aromatic rings. The third-order valence-corrected chi connectivity index (χ3v) is 5.79. The number of fused-ring (bicyclic) bond motifs is 1. The molecule has 1 unspecified atom stereocenters. The Morgan fingerprint density at radius 3 is 2.38 bits per heavy atom. The van der Waals surface area contributed by atoms with Crippen LogP contribution in [0.5, 0.6) is 17.2 Å². The third-order valence-electron chi connectivity index (χ3n) is 5.79. The summed E-state index contributed by atoms with van der Waals surface area (Å²) < 4.78 is 24.0. The lowest BCUT2D eigenvalue weighted by Crippen LogP contribution is -2.43. The third kappa shape index (κ3) is 4.49. The van der Waals surface area contributed by atoms with E-state index in [2.05, 4.69) is 5.32 Å². The van der Waals surface area contributed by atoms with Gasteiger partial charge in [-0.2, -0.15) is 0 Å². The average molecular weight is 469 g/mol. The molecule has 34 heavy (non-hydrogen) atoms. The Morgan fingerprint density at radius 2 is 1.76 bits per heavy atom. The highest BCUT2D eigenvalue weighted by Crippen LogP contribution is 2.39. The Labute approximate surface area is 195 Å². The van der Waals surface area contributed by atoms with Crippen molar-refractivity contribution < 1.29 is 23.7 Å². The summed E-state index contributed by atoms with van der Waals surface area (Å²) >= 11 is 0. The molecule has 10 heteroatoms. The average Bonchev–Trinajstić information content (AvgIpc) is 3.37. The van der Waals surface area contributed by atoms with E-state index >= 15 is 0 Å². The topological polar surface area (TPSA) is 110 Å². The molecule has 0 spiro atoms. The van der Waals surface area contributed by atoms with E-state index in [1.54, 1.807) is 36.4 Å². The molecule has 2 heterocycles. The van der Waals surface area contributed by atoms with Crippen LogP contribution in [-0.2, 0) is 22.6 Å². The van der Waals surface area contributed by atoms with E-state index in [0.29, 0.717) is 40.4 Å². The van der Waals surface area contributed by atoms with E-state index < -0.39 is 17.2 Å². The number of hydrogen-bond donors (Lipinski definition) is 1. The molecule has 1 fully saturated rings. The largest absolute Gasteiger partial charge is 0.493 e. The Balaban J connectivity index is 1.68. The van der Waals surface area contributed by atoms with Crippen LogP contribution in [-0.4, -0.2) is 49.1 Å². The first-order valence-corrected chi connectivity index (χ1v) is 10.9. The monoisotopic (exact) mass is 469 g/mol. The highest BCUT2D eigenvalue weighted by molar-refractivity contribution is 5.92. The van der Waals surface area contributed by atoms with Gasteiger partial charge in [-0.05, 0) is 25.0 Å². The summed E-state index contributed by atoms with van der Waals surface area (Å²) in [7, 11) is 4.44. The van der Waals surface area contributed by atoms with Gasteiger partial charge in [-0.15, -0.1) is 0 Å². The van der Waals surface area contributed by atoms with Crippen LogP contribution in [0.4, 0.5) is 5.69 Å². The first-order chi connectivity index (χ1) is 16.5. The number of aromatic nitrogens is 2. The van der Waals surface area contributed by atoms with Crippen molar-refractivity contribution in [3.05, 3.63) is 57.2 Å². The molecule has 1 amide bonds. The number of carbonyl (C=O) groups excluding carboxylic acids is 1. The molecule has 4 rings (SSSR count). The van der Waals surface area contributed by atoms with Crippen LogP contribution in [0.2, 0.25) is 0 Å². The van der Waals surface area contributed by atoms with Crippen LogP contribution in [0.1, 0.15) is 12.8 Å². The number of carbonyl (C=O) groups is 1. The van der Waals surface area contributed by atoms with Crippen molar-refractivity contribution in [1.82, 2.24) is 9.13 Å². The van der Waals surface area contributed by atoms with Gasteiger partial charge in [0, 0.05) is 24.4 Å². The maximum Gasteiger partial charge on any atom is 0.332 e. The summed E-state index contributed by atoms with van der Waals surface area (Å²) in [4.78, 5) is 39.3. The number of amides is 1. The van der Waals surface area contributed by atoms with Crippen molar-refractivity contribution in [2.24, 2.45) is 0 Å². The molecule has 0 aliphatic carbocycles. The Bertz CT molecular complexity index is 1300. The zero-order chi connectivity index (χ0) is 24.2. The standard InChI is InChI=1S/C24H27N3O7/c1-31-19-11-15(12-20(32-2)22(19)33-3)25-21(28)14-26-18-9-5-4-8-17(18)23(29)27(24(26)30)13-16-7-6-10-34-16/h4-5,8-9,11-12,16H,6-7,10,13-14H2,1-3H3,(H,25,28). The van der Waals surface area contributed by atoms with Crippen molar-refractivity contribution in [2.45, 2.75) is 32.0 Å². The lowest BCUT2D eigenvalue weighted by atomic mass is 10.2. The molecular formula is C24H27N3O7. The van der Waals surface area contributed by atoms with Crippen LogP contribution < -0.4 is 30.8 Å². The second kappa shape index (κ2) is 10.0. The number of para-hydroxylation sites is 1. The van der Waals surface area contributed by atoms with Gasteiger partial charge in [-0.1, -0.05) is 12.1 Å². The number of benzene rings is 2. The number of rotatable bonds is 8. The van der Waals surface area contributed by atoms with Gasteiger partial charge in [-0.3, -0.25) is 18.7 Å². The quantitative estimate of drug-likeness (QED) is 0.537. The second-order valence-corrected chi connectivity index (χ2v) is 7.90. The molecule has 2 aromatic carbocycles. The number of hydrogen-bond acceptors (Lipinski definition) is 7. The second-order valence-electron chi connectivity index (χ2n) is 7.90.